The van der Waals surface area contributed by atoms with Crippen LogP contribution in [0.3, 0.4) is 0 Å². The molecule has 1 aliphatic rings. The molecule has 2 aromatic carbocycles. The van der Waals surface area contributed by atoms with Gasteiger partial charge in [0.15, 0.2) is 5.78 Å². The lowest BCUT2D eigenvalue weighted by Gasteiger charge is -2.37. The predicted octanol–water partition coefficient (Wildman–Crippen LogP) is 5.60. The molecule has 2 unspecified atom stereocenters. The molecule has 1 N–H and O–H groups in total. The van der Waals surface area contributed by atoms with Gasteiger partial charge < -0.3 is 19.7 Å². The van der Waals surface area contributed by atoms with Crippen molar-refractivity contribution in [2.24, 2.45) is 11.8 Å². The number of alkyl halides is 3. The predicted molar refractivity (Wildman–Crippen MR) is 159 cm³/mol. The van der Waals surface area contributed by atoms with Gasteiger partial charge in [0.1, 0.15) is 23.8 Å². The van der Waals surface area contributed by atoms with Crippen LogP contribution in [0.15, 0.2) is 83.5 Å². The lowest BCUT2D eigenvalue weighted by Crippen LogP contribution is -2.49. The smallest absolute Gasteiger partial charge is 0.492 e. The van der Waals surface area contributed by atoms with Crippen LogP contribution in [-0.4, -0.2) is 69.1 Å². The highest BCUT2D eigenvalue weighted by Gasteiger charge is 2.33. The highest BCUT2D eigenvalue weighted by atomic mass is 32.2. The number of ether oxygens (including phenoxy) is 2. The van der Waals surface area contributed by atoms with Crippen LogP contribution in [-0.2, 0) is 14.8 Å². The average molecular weight is 624 g/mol. The van der Waals surface area contributed by atoms with E-state index in [0.29, 0.717) is 31.0 Å². The summed E-state index contributed by atoms with van der Waals surface area (Å²) in [5.74, 6) is 0.150. The van der Waals surface area contributed by atoms with Gasteiger partial charge in [0, 0.05) is 38.6 Å². The molecular weight excluding hydrogens is 583 g/mol. The molecular formula is C31H40F3N3O5S. The van der Waals surface area contributed by atoms with Crippen molar-refractivity contribution in [1.82, 2.24) is 14.5 Å². The second kappa shape index (κ2) is 15.3. The van der Waals surface area contributed by atoms with Crippen LogP contribution in [0.25, 0.3) is 0 Å². The summed E-state index contributed by atoms with van der Waals surface area (Å²) >= 11 is 0. The number of rotatable bonds is 15. The van der Waals surface area contributed by atoms with Crippen LogP contribution in [0.5, 0.6) is 11.5 Å². The number of halogens is 3. The molecule has 2 atom stereocenters. The van der Waals surface area contributed by atoms with Crippen LogP contribution < -0.4 is 14.8 Å². The van der Waals surface area contributed by atoms with Crippen molar-refractivity contribution in [2.45, 2.75) is 44.9 Å². The van der Waals surface area contributed by atoms with Crippen molar-refractivity contribution in [3.63, 3.8) is 0 Å². The molecule has 3 rings (SSSR count). The van der Waals surface area contributed by atoms with E-state index < -0.39 is 22.1 Å². The van der Waals surface area contributed by atoms with Crippen molar-refractivity contribution in [2.75, 3.05) is 39.3 Å². The zero-order chi connectivity index (χ0) is 31.6. The number of carbonyl (C=O) groups excluding carboxylic acids is 1. The fourth-order valence-corrected chi connectivity index (χ4v) is 6.42. The second-order valence-corrected chi connectivity index (χ2v) is 12.2. The summed E-state index contributed by atoms with van der Waals surface area (Å²) in [5.41, 5.74) is 1.02. The minimum atomic E-state index is -4.87. The molecule has 1 fully saturated rings. The van der Waals surface area contributed by atoms with E-state index in [9.17, 15) is 26.4 Å². The number of para-hydroxylation sites is 1. The first-order valence-electron chi connectivity index (χ1n) is 14.3. The van der Waals surface area contributed by atoms with Crippen molar-refractivity contribution in [1.29, 1.82) is 0 Å². The lowest BCUT2D eigenvalue weighted by molar-refractivity contribution is -0.274. The van der Waals surface area contributed by atoms with Gasteiger partial charge in [-0.25, -0.2) is 8.42 Å². The van der Waals surface area contributed by atoms with Gasteiger partial charge in [-0.1, -0.05) is 52.0 Å². The number of hydrogen-bond acceptors (Lipinski definition) is 7. The third-order valence-electron chi connectivity index (χ3n) is 7.49. The van der Waals surface area contributed by atoms with Gasteiger partial charge >= 0.3 is 6.36 Å². The van der Waals surface area contributed by atoms with E-state index in [1.165, 1.54) is 4.31 Å². The molecule has 1 saturated heterocycles. The SMILES string of the molecule is C=C/C(=C(/NCCOc1ccccc1)C(=O)C(CC)C(C)CC)N1CCN(S(=O)(=O)c2ccc(OC(F)(F)F)cc2)CC1. The number of nitrogens with one attached hydrogen (secondary N) is 1. The zero-order valence-electron chi connectivity index (χ0n) is 24.8. The number of hydrogen-bond donors (Lipinski definition) is 1. The Bertz CT molecular complexity index is 1340. The summed E-state index contributed by atoms with van der Waals surface area (Å²) in [4.78, 5) is 15.7. The van der Waals surface area contributed by atoms with Crippen molar-refractivity contribution >= 4 is 15.8 Å². The Morgan fingerprint density at radius 3 is 2.16 bits per heavy atom. The fourth-order valence-electron chi connectivity index (χ4n) is 5.00. The van der Waals surface area contributed by atoms with Gasteiger partial charge in [0.2, 0.25) is 10.0 Å². The van der Waals surface area contributed by atoms with E-state index in [4.69, 9.17) is 4.74 Å². The average Bonchev–Trinajstić information content (AvgIpc) is 2.99. The molecule has 0 amide bonds. The number of nitrogens with zero attached hydrogens (tertiary/aromatic N) is 2. The van der Waals surface area contributed by atoms with Gasteiger partial charge in [-0.2, -0.15) is 4.31 Å². The molecule has 0 radical (unpaired) electrons. The van der Waals surface area contributed by atoms with E-state index >= 15 is 0 Å². The quantitative estimate of drug-likeness (QED) is 0.157. The second-order valence-electron chi connectivity index (χ2n) is 10.2. The first-order valence-corrected chi connectivity index (χ1v) is 15.8. The van der Waals surface area contributed by atoms with Crippen LogP contribution in [0.4, 0.5) is 13.2 Å². The van der Waals surface area contributed by atoms with E-state index in [2.05, 4.69) is 30.5 Å². The summed E-state index contributed by atoms with van der Waals surface area (Å²) in [6.45, 7) is 11.6. The van der Waals surface area contributed by atoms with Gasteiger partial charge in [-0.15, -0.1) is 13.2 Å². The third-order valence-corrected chi connectivity index (χ3v) is 9.41. The van der Waals surface area contributed by atoms with E-state index in [-0.39, 0.29) is 48.7 Å². The van der Waals surface area contributed by atoms with E-state index in [0.717, 1.165) is 36.4 Å². The molecule has 0 aliphatic carbocycles. The van der Waals surface area contributed by atoms with Crippen molar-refractivity contribution in [3.8, 4) is 11.5 Å². The van der Waals surface area contributed by atoms with Crippen LogP contribution in [0.2, 0.25) is 0 Å². The summed E-state index contributed by atoms with van der Waals surface area (Å²) in [6.07, 6.45) is -1.74. The monoisotopic (exact) mass is 623 g/mol. The molecule has 12 heteroatoms. The molecule has 43 heavy (non-hydrogen) atoms. The Kier molecular flexibility index (Phi) is 12.1. The highest BCUT2D eigenvalue weighted by Crippen LogP contribution is 2.28. The van der Waals surface area contributed by atoms with E-state index in [1.54, 1.807) is 6.08 Å². The summed E-state index contributed by atoms with van der Waals surface area (Å²) in [7, 11) is -3.96. The molecule has 1 aliphatic heterocycles. The summed E-state index contributed by atoms with van der Waals surface area (Å²) in [6, 6.07) is 13.5. The molecule has 0 saturated carbocycles. The lowest BCUT2D eigenvalue weighted by atomic mass is 9.84. The summed E-state index contributed by atoms with van der Waals surface area (Å²) < 4.78 is 74.8. The van der Waals surface area contributed by atoms with Crippen LogP contribution >= 0.6 is 0 Å². The fraction of sp³-hybridized carbons (Fsp3) is 0.452. The Morgan fingerprint density at radius 1 is 1.00 bits per heavy atom. The Morgan fingerprint density at radius 2 is 1.63 bits per heavy atom. The molecule has 0 aromatic heterocycles. The molecule has 2 aromatic rings. The number of allylic oxidation sites excluding steroid dienone is 2. The number of piperazine rings is 1. The number of ketones is 1. The first-order chi connectivity index (χ1) is 20.4. The van der Waals surface area contributed by atoms with Crippen molar-refractivity contribution in [3.05, 3.63) is 78.6 Å². The van der Waals surface area contributed by atoms with Crippen LogP contribution in [0.1, 0.15) is 33.6 Å². The third kappa shape index (κ3) is 9.24. The van der Waals surface area contributed by atoms with E-state index in [1.807, 2.05) is 42.2 Å². The minimum Gasteiger partial charge on any atom is -0.492 e. The normalized spacial score (nSPS) is 16.6. The molecule has 0 bridgehead atoms. The van der Waals surface area contributed by atoms with Gasteiger partial charge in [-0.3, -0.25) is 4.79 Å². The zero-order valence-corrected chi connectivity index (χ0v) is 25.6. The standard InChI is InChI=1S/C31H40F3N3O5S/c1-5-23(4)27(6-2)30(38)29(35-17-22-41-24-11-9-8-10-12-24)28(7-3)36-18-20-37(21-19-36)43(39,40)26-15-13-25(14-16-26)42-31(32,33)34/h7-16,23,27,35H,3,5-6,17-22H2,1-2,4H3/b29-28-. The Hall–Kier alpha value is -3.51. The molecule has 236 valence electrons. The highest BCUT2D eigenvalue weighted by molar-refractivity contribution is 7.89. The Balaban J connectivity index is 1.77. The maximum absolute atomic E-state index is 13.9. The number of benzene rings is 2. The topological polar surface area (TPSA) is 88.2 Å². The molecule has 1 heterocycles. The number of carbonyl (C=O) groups is 1. The Labute approximate surface area is 252 Å². The molecule has 0 spiro atoms. The number of sulfonamides is 1. The van der Waals surface area contributed by atoms with Gasteiger partial charge in [-0.05, 0) is 54.8 Å². The molecule has 8 nitrogen and oxygen atoms in total. The maximum atomic E-state index is 13.9. The minimum absolute atomic E-state index is 0.0253. The largest absolute Gasteiger partial charge is 0.573 e. The first kappa shape index (κ1) is 34.0. The van der Waals surface area contributed by atoms with Crippen molar-refractivity contribution < 1.29 is 35.9 Å². The van der Waals surface area contributed by atoms with Gasteiger partial charge in [0.25, 0.3) is 0 Å². The van der Waals surface area contributed by atoms with Gasteiger partial charge in [0.05, 0.1) is 10.6 Å². The maximum Gasteiger partial charge on any atom is 0.573 e. The summed E-state index contributed by atoms with van der Waals surface area (Å²) in [5, 5.41) is 3.29. The number of Topliss-reactive ketones (excluding diaryl/α,β-unsaturated/α-hetero) is 1. The van der Waals surface area contributed by atoms with Crippen LogP contribution in [0, 0.1) is 11.8 Å².